The highest BCUT2D eigenvalue weighted by Crippen LogP contribution is 2.25. The molecule has 0 aliphatic carbocycles. The highest BCUT2D eigenvalue weighted by Gasteiger charge is 2.27. The smallest absolute Gasteiger partial charge is 0.324 e. The number of nitrogens with one attached hydrogen (secondary N) is 1. The van der Waals surface area contributed by atoms with Crippen molar-refractivity contribution in [2.75, 3.05) is 6.61 Å². The van der Waals surface area contributed by atoms with E-state index < -0.39 is 38.5 Å². The number of hydrogen-bond acceptors (Lipinski definition) is 6. The maximum absolute atomic E-state index is 12.0. The Morgan fingerprint density at radius 2 is 2.00 bits per heavy atom. The molecule has 0 amide bonds. The Morgan fingerprint density at radius 1 is 1.43 bits per heavy atom. The van der Waals surface area contributed by atoms with Crippen molar-refractivity contribution in [1.82, 2.24) is 4.72 Å². The van der Waals surface area contributed by atoms with Gasteiger partial charge >= 0.3 is 5.97 Å². The summed E-state index contributed by atoms with van der Waals surface area (Å²) < 4.78 is 25.8. The van der Waals surface area contributed by atoms with Gasteiger partial charge in [-0.3, -0.25) is 14.9 Å². The van der Waals surface area contributed by atoms with Gasteiger partial charge in [-0.15, -0.1) is 0 Å². The minimum Gasteiger partial charge on any atom is -0.480 e. The van der Waals surface area contributed by atoms with E-state index in [9.17, 15) is 23.3 Å². The van der Waals surface area contributed by atoms with Crippen LogP contribution in [0.2, 0.25) is 0 Å². The summed E-state index contributed by atoms with van der Waals surface area (Å²) in [4.78, 5) is 20.5. The fourth-order valence-corrected chi connectivity index (χ4v) is 2.86. The number of aliphatic hydroxyl groups excluding tert-OH is 1. The summed E-state index contributed by atoms with van der Waals surface area (Å²) in [5.41, 5.74) is 0.308. The predicted molar refractivity (Wildman–Crippen MR) is 71.4 cm³/mol. The van der Waals surface area contributed by atoms with Gasteiger partial charge in [0.15, 0.2) is 0 Å². The first-order valence-electron chi connectivity index (χ1n) is 5.71. The summed E-state index contributed by atoms with van der Waals surface area (Å²) >= 11 is 0. The third-order valence-corrected chi connectivity index (χ3v) is 4.35. The Morgan fingerprint density at radius 3 is 2.43 bits per heavy atom. The predicted octanol–water partition coefficient (Wildman–Crippen LogP) is -0.0646. The van der Waals surface area contributed by atoms with Gasteiger partial charge in [-0.25, -0.2) is 8.42 Å². The van der Waals surface area contributed by atoms with Crippen molar-refractivity contribution in [2.45, 2.75) is 24.8 Å². The van der Waals surface area contributed by atoms with E-state index in [0.717, 1.165) is 6.07 Å². The molecule has 0 unspecified atom stereocenters. The summed E-state index contributed by atoms with van der Waals surface area (Å²) in [5.74, 6) is -1.56. The normalized spacial score (nSPS) is 12.9. The fraction of sp³-hybridized carbons (Fsp3) is 0.364. The zero-order valence-corrected chi connectivity index (χ0v) is 12.0. The molecule has 0 fully saturated rings. The average molecular weight is 318 g/mol. The number of aliphatic carboxylic acids is 1. The Bertz CT molecular complexity index is 684. The zero-order valence-electron chi connectivity index (χ0n) is 11.2. The number of carboxylic acids is 1. The van der Waals surface area contributed by atoms with Crippen molar-refractivity contribution >= 4 is 21.7 Å². The third-order valence-electron chi connectivity index (χ3n) is 2.90. The van der Waals surface area contributed by atoms with Crippen LogP contribution in [-0.4, -0.2) is 42.2 Å². The number of nitro groups is 1. The first-order valence-corrected chi connectivity index (χ1v) is 7.20. The minimum absolute atomic E-state index is 0.316. The molecule has 1 rings (SSSR count). The van der Waals surface area contributed by atoms with E-state index in [1.165, 1.54) is 19.9 Å². The van der Waals surface area contributed by atoms with E-state index >= 15 is 0 Å². The topological polar surface area (TPSA) is 147 Å². The molecular formula is C11H14N2O7S. The van der Waals surface area contributed by atoms with Crippen LogP contribution in [0.4, 0.5) is 5.69 Å². The molecule has 3 N–H and O–H groups in total. The number of nitrogens with zero attached hydrogens (tertiary/aromatic N) is 1. The highest BCUT2D eigenvalue weighted by atomic mass is 32.2. The van der Waals surface area contributed by atoms with Crippen LogP contribution in [0.5, 0.6) is 0 Å². The Kier molecular flexibility index (Phi) is 4.99. The first-order chi connectivity index (χ1) is 9.60. The number of aliphatic hydroxyl groups is 1. The molecule has 116 valence electrons. The van der Waals surface area contributed by atoms with Crippen LogP contribution >= 0.6 is 0 Å². The molecule has 0 spiro atoms. The number of carboxylic acid groups (broad SMARTS) is 1. The second-order valence-electron chi connectivity index (χ2n) is 4.34. The molecular weight excluding hydrogens is 304 g/mol. The Labute approximate surface area is 120 Å². The summed E-state index contributed by atoms with van der Waals surface area (Å²) in [6.07, 6.45) is 0. The molecule has 9 nitrogen and oxygen atoms in total. The lowest BCUT2D eigenvalue weighted by atomic mass is 10.1. The molecule has 1 aromatic rings. The van der Waals surface area contributed by atoms with Crippen molar-refractivity contribution in [2.24, 2.45) is 0 Å². The lowest BCUT2D eigenvalue weighted by molar-refractivity contribution is -0.385. The van der Waals surface area contributed by atoms with Crippen LogP contribution in [0.1, 0.15) is 11.1 Å². The Balaban J connectivity index is 3.32. The molecule has 0 saturated heterocycles. The van der Waals surface area contributed by atoms with Gasteiger partial charge in [0.1, 0.15) is 6.04 Å². The molecule has 0 bridgehead atoms. The summed E-state index contributed by atoms with van der Waals surface area (Å²) in [5, 5.41) is 28.5. The van der Waals surface area contributed by atoms with Gasteiger partial charge in [0.2, 0.25) is 10.0 Å². The molecule has 0 aromatic heterocycles. The maximum Gasteiger partial charge on any atom is 0.324 e. The van der Waals surface area contributed by atoms with Gasteiger partial charge in [0, 0.05) is 11.6 Å². The summed E-state index contributed by atoms with van der Waals surface area (Å²) in [6, 6.07) is 0.317. The number of aryl methyl sites for hydroxylation is 1. The number of hydrogen-bond donors (Lipinski definition) is 3. The largest absolute Gasteiger partial charge is 0.480 e. The van der Waals surface area contributed by atoms with Crippen LogP contribution < -0.4 is 4.72 Å². The van der Waals surface area contributed by atoms with E-state index in [2.05, 4.69) is 0 Å². The quantitative estimate of drug-likeness (QED) is 0.491. The van der Waals surface area contributed by atoms with Gasteiger partial charge in [-0.1, -0.05) is 0 Å². The van der Waals surface area contributed by atoms with Crippen molar-refractivity contribution < 1.29 is 28.3 Å². The van der Waals surface area contributed by atoms with Crippen molar-refractivity contribution in [3.63, 3.8) is 0 Å². The monoisotopic (exact) mass is 318 g/mol. The fourth-order valence-electron chi connectivity index (χ4n) is 1.57. The van der Waals surface area contributed by atoms with Gasteiger partial charge in [0.25, 0.3) is 5.69 Å². The van der Waals surface area contributed by atoms with Crippen LogP contribution in [0.15, 0.2) is 17.0 Å². The van der Waals surface area contributed by atoms with Gasteiger partial charge < -0.3 is 10.2 Å². The van der Waals surface area contributed by atoms with Gasteiger partial charge in [0.05, 0.1) is 16.4 Å². The summed E-state index contributed by atoms with van der Waals surface area (Å²) in [7, 11) is -4.31. The number of benzene rings is 1. The molecule has 21 heavy (non-hydrogen) atoms. The average Bonchev–Trinajstić information content (AvgIpc) is 2.38. The van der Waals surface area contributed by atoms with Crippen molar-refractivity contribution in [3.05, 3.63) is 33.4 Å². The number of nitro benzene ring substituents is 1. The zero-order chi connectivity index (χ0) is 16.4. The first kappa shape index (κ1) is 17.0. The standard InChI is InChI=1S/C11H14N2O7S/c1-6-3-8(4-10(7(6)2)13(17)18)21(19,20)12-9(5-14)11(15)16/h3-4,9,12,14H,5H2,1-2H3,(H,15,16)/t9-/m0/s1. The van der Waals surface area contributed by atoms with E-state index in [0.29, 0.717) is 11.1 Å². The molecule has 0 saturated carbocycles. The molecule has 0 heterocycles. The van der Waals surface area contributed by atoms with Crippen molar-refractivity contribution in [3.8, 4) is 0 Å². The van der Waals surface area contributed by atoms with Crippen LogP contribution in [0.25, 0.3) is 0 Å². The van der Waals surface area contributed by atoms with E-state index in [4.69, 9.17) is 10.2 Å². The molecule has 1 atom stereocenters. The Hall–Kier alpha value is -2.04. The second kappa shape index (κ2) is 6.16. The lowest BCUT2D eigenvalue weighted by Gasteiger charge is -2.13. The number of rotatable bonds is 6. The van der Waals surface area contributed by atoms with Crippen LogP contribution in [0.3, 0.4) is 0 Å². The van der Waals surface area contributed by atoms with Crippen molar-refractivity contribution in [1.29, 1.82) is 0 Å². The maximum atomic E-state index is 12.0. The van der Waals surface area contributed by atoms with Gasteiger partial charge in [-0.05, 0) is 25.5 Å². The molecule has 10 heteroatoms. The number of sulfonamides is 1. The van der Waals surface area contributed by atoms with E-state index in [-0.39, 0.29) is 5.69 Å². The summed E-state index contributed by atoms with van der Waals surface area (Å²) in [6.45, 7) is 2.04. The van der Waals surface area contributed by atoms with E-state index in [1.807, 2.05) is 0 Å². The van der Waals surface area contributed by atoms with Gasteiger partial charge in [-0.2, -0.15) is 4.72 Å². The molecule has 0 aliphatic rings. The minimum atomic E-state index is -4.31. The van der Waals surface area contributed by atoms with Crippen LogP contribution in [0, 0.1) is 24.0 Å². The molecule has 0 aliphatic heterocycles. The lowest BCUT2D eigenvalue weighted by Crippen LogP contribution is -2.43. The molecule has 1 aromatic carbocycles. The number of carbonyl (C=O) groups is 1. The SMILES string of the molecule is Cc1cc(S(=O)(=O)N[C@@H](CO)C(=O)O)cc([N+](=O)[O-])c1C. The highest BCUT2D eigenvalue weighted by molar-refractivity contribution is 7.89. The second-order valence-corrected chi connectivity index (χ2v) is 6.05. The molecule has 0 radical (unpaired) electrons. The van der Waals surface area contributed by atoms with Crippen LogP contribution in [-0.2, 0) is 14.8 Å². The third kappa shape index (κ3) is 3.74. The van der Waals surface area contributed by atoms with E-state index in [1.54, 1.807) is 4.72 Å².